The Kier molecular flexibility index (Phi) is 6.50. The van der Waals surface area contributed by atoms with E-state index in [2.05, 4.69) is 46.8 Å². The Labute approximate surface area is 191 Å². The minimum absolute atomic E-state index is 0.112. The molecule has 0 heterocycles. The average molecular weight is 427 g/mol. The lowest BCUT2D eigenvalue weighted by Crippen LogP contribution is -2.48. The van der Waals surface area contributed by atoms with E-state index >= 15 is 0 Å². The van der Waals surface area contributed by atoms with Crippen molar-refractivity contribution in [1.82, 2.24) is 0 Å². The molecule has 0 saturated heterocycles. The van der Waals surface area contributed by atoms with Crippen LogP contribution in [0.15, 0.2) is 23.3 Å². The molecule has 4 aliphatic carbocycles. The van der Waals surface area contributed by atoms with Gasteiger partial charge in [-0.3, -0.25) is 4.79 Å². The van der Waals surface area contributed by atoms with Crippen molar-refractivity contribution in [3.63, 3.8) is 0 Å². The molecular formula is C29H46O2. The van der Waals surface area contributed by atoms with Crippen LogP contribution in [0.25, 0.3) is 0 Å². The molecule has 0 N–H and O–H groups in total. The van der Waals surface area contributed by atoms with Crippen molar-refractivity contribution >= 4 is 5.97 Å². The second-order valence-corrected chi connectivity index (χ2v) is 12.4. The fourth-order valence-corrected chi connectivity index (χ4v) is 8.16. The molecule has 0 amide bonds. The van der Waals surface area contributed by atoms with E-state index in [9.17, 15) is 4.79 Å². The van der Waals surface area contributed by atoms with Gasteiger partial charge in [0, 0.05) is 6.92 Å². The first kappa shape index (κ1) is 23.1. The first-order valence-corrected chi connectivity index (χ1v) is 13.2. The number of hydrogen-bond donors (Lipinski definition) is 0. The summed E-state index contributed by atoms with van der Waals surface area (Å²) >= 11 is 0. The maximum absolute atomic E-state index is 11.5. The zero-order valence-corrected chi connectivity index (χ0v) is 21.0. The summed E-state index contributed by atoms with van der Waals surface area (Å²) in [4.78, 5) is 11.5. The van der Waals surface area contributed by atoms with Gasteiger partial charge in [0.2, 0.25) is 0 Å². The van der Waals surface area contributed by atoms with Crippen LogP contribution in [-0.2, 0) is 9.53 Å². The Morgan fingerprint density at radius 1 is 1.10 bits per heavy atom. The molecule has 31 heavy (non-hydrogen) atoms. The zero-order chi connectivity index (χ0) is 22.4. The van der Waals surface area contributed by atoms with Gasteiger partial charge in [-0.05, 0) is 96.5 Å². The van der Waals surface area contributed by atoms with Crippen molar-refractivity contribution in [3.8, 4) is 0 Å². The van der Waals surface area contributed by atoms with E-state index in [0.29, 0.717) is 22.7 Å². The van der Waals surface area contributed by atoms with Crippen molar-refractivity contribution in [3.05, 3.63) is 23.3 Å². The molecule has 2 fully saturated rings. The van der Waals surface area contributed by atoms with Crippen LogP contribution >= 0.6 is 0 Å². The molecule has 0 radical (unpaired) electrons. The molecule has 2 heteroatoms. The molecule has 4 aliphatic rings. The molecule has 0 aromatic heterocycles. The smallest absolute Gasteiger partial charge is 0.302 e. The van der Waals surface area contributed by atoms with Gasteiger partial charge in [-0.25, -0.2) is 0 Å². The number of carbonyl (C=O) groups excluding carboxylic acids is 1. The summed E-state index contributed by atoms with van der Waals surface area (Å²) in [5.74, 6) is 3.73. The Bertz CT molecular complexity index is 746. The van der Waals surface area contributed by atoms with Crippen molar-refractivity contribution in [2.45, 2.75) is 112 Å². The maximum atomic E-state index is 11.5. The predicted molar refractivity (Wildman–Crippen MR) is 129 cm³/mol. The molecule has 0 aromatic rings. The number of carbonyl (C=O) groups is 1. The standard InChI is InChI=1S/C29H46O2/c1-19(2)8-7-9-20(3)25-12-13-26-24-11-10-22-18-23(31-21(4)30)14-16-28(22,5)27(24)15-17-29(25,26)6/h11,13,19-20,22-23,25,27H,7-10,12,14-18H2,1-6H3/t20-,22+,23-,25+,27-,28+,29-/m1/s1. The van der Waals surface area contributed by atoms with E-state index < -0.39 is 0 Å². The van der Waals surface area contributed by atoms with Gasteiger partial charge in [-0.15, -0.1) is 0 Å². The summed E-state index contributed by atoms with van der Waals surface area (Å²) in [7, 11) is 0. The molecule has 0 unspecified atom stereocenters. The van der Waals surface area contributed by atoms with Crippen molar-refractivity contribution < 1.29 is 9.53 Å². The molecule has 0 aromatic carbocycles. The lowest BCUT2D eigenvalue weighted by atomic mass is 9.48. The summed E-state index contributed by atoms with van der Waals surface area (Å²) < 4.78 is 5.62. The summed E-state index contributed by atoms with van der Waals surface area (Å²) in [6, 6.07) is 0. The van der Waals surface area contributed by atoms with Crippen molar-refractivity contribution in [2.24, 2.45) is 40.4 Å². The second kappa shape index (κ2) is 8.71. The van der Waals surface area contributed by atoms with Crippen LogP contribution < -0.4 is 0 Å². The van der Waals surface area contributed by atoms with Gasteiger partial charge in [0.15, 0.2) is 0 Å². The molecule has 0 aliphatic heterocycles. The van der Waals surface area contributed by atoms with E-state index in [4.69, 9.17) is 4.74 Å². The summed E-state index contributed by atoms with van der Waals surface area (Å²) in [5, 5.41) is 0. The van der Waals surface area contributed by atoms with Gasteiger partial charge < -0.3 is 4.74 Å². The number of hydrogen-bond acceptors (Lipinski definition) is 2. The first-order chi connectivity index (χ1) is 14.6. The molecule has 0 bridgehead atoms. The molecule has 7 atom stereocenters. The topological polar surface area (TPSA) is 26.3 Å². The third kappa shape index (κ3) is 4.18. The minimum atomic E-state index is -0.112. The summed E-state index contributed by atoms with van der Waals surface area (Å²) in [6.45, 7) is 13.9. The van der Waals surface area contributed by atoms with Crippen LogP contribution in [-0.4, -0.2) is 12.1 Å². The number of esters is 1. The fourth-order valence-electron chi connectivity index (χ4n) is 8.16. The van der Waals surface area contributed by atoms with Gasteiger partial charge >= 0.3 is 5.97 Å². The highest BCUT2D eigenvalue weighted by Crippen LogP contribution is 2.65. The van der Waals surface area contributed by atoms with E-state index in [1.807, 2.05) is 0 Å². The third-order valence-corrected chi connectivity index (χ3v) is 10.0. The quantitative estimate of drug-likeness (QED) is 0.404. The van der Waals surface area contributed by atoms with Crippen LogP contribution in [0.4, 0.5) is 0 Å². The maximum Gasteiger partial charge on any atom is 0.302 e. The van der Waals surface area contributed by atoms with Gasteiger partial charge in [0.25, 0.3) is 0 Å². The van der Waals surface area contributed by atoms with E-state index in [1.54, 1.807) is 18.1 Å². The molecule has 4 rings (SSSR count). The van der Waals surface area contributed by atoms with Crippen LogP contribution in [0.2, 0.25) is 0 Å². The van der Waals surface area contributed by atoms with Crippen LogP contribution in [0, 0.1) is 40.4 Å². The molecule has 2 nitrogen and oxygen atoms in total. The van der Waals surface area contributed by atoms with Crippen LogP contribution in [0.5, 0.6) is 0 Å². The van der Waals surface area contributed by atoms with E-state index in [1.165, 1.54) is 51.4 Å². The molecular weight excluding hydrogens is 380 g/mol. The zero-order valence-electron chi connectivity index (χ0n) is 21.0. The minimum Gasteiger partial charge on any atom is -0.463 e. The SMILES string of the molecule is CC(=O)O[C@@H]1CC[C@@]2(C)[C@@H](CC=C3C4=CC[C@@H]([C@H](C)CCCC(C)C)[C@@]4(C)CC[C@H]32)C1. The number of rotatable bonds is 6. The summed E-state index contributed by atoms with van der Waals surface area (Å²) in [5.41, 5.74) is 4.21. The second-order valence-electron chi connectivity index (χ2n) is 12.4. The van der Waals surface area contributed by atoms with Gasteiger partial charge in [-0.2, -0.15) is 0 Å². The highest BCUT2D eigenvalue weighted by Gasteiger charge is 2.55. The lowest BCUT2D eigenvalue weighted by Gasteiger charge is -2.56. The Morgan fingerprint density at radius 2 is 1.87 bits per heavy atom. The lowest BCUT2D eigenvalue weighted by molar-refractivity contribution is -0.151. The largest absolute Gasteiger partial charge is 0.463 e. The first-order valence-electron chi connectivity index (χ1n) is 13.2. The number of ether oxygens (including phenoxy) is 1. The number of fused-ring (bicyclic) bond motifs is 5. The molecule has 0 spiro atoms. The van der Waals surface area contributed by atoms with Crippen molar-refractivity contribution in [2.75, 3.05) is 0 Å². The molecule has 2 saturated carbocycles. The highest BCUT2D eigenvalue weighted by atomic mass is 16.5. The highest BCUT2D eigenvalue weighted by molar-refractivity contribution is 5.66. The van der Waals surface area contributed by atoms with Crippen LogP contribution in [0.1, 0.15) is 106 Å². The Hall–Kier alpha value is -1.05. The van der Waals surface area contributed by atoms with Gasteiger partial charge in [-0.1, -0.05) is 66.0 Å². The predicted octanol–water partition coefficient (Wildman–Crippen LogP) is 7.88. The Morgan fingerprint density at radius 3 is 2.58 bits per heavy atom. The Balaban J connectivity index is 1.48. The van der Waals surface area contributed by atoms with E-state index in [0.717, 1.165) is 30.6 Å². The van der Waals surface area contributed by atoms with E-state index in [-0.39, 0.29) is 12.1 Å². The summed E-state index contributed by atoms with van der Waals surface area (Å²) in [6.07, 6.45) is 18.0. The average Bonchev–Trinajstić information content (AvgIpc) is 3.05. The van der Waals surface area contributed by atoms with Crippen molar-refractivity contribution in [1.29, 1.82) is 0 Å². The third-order valence-electron chi connectivity index (χ3n) is 10.0. The monoisotopic (exact) mass is 426 g/mol. The molecule has 174 valence electrons. The van der Waals surface area contributed by atoms with Gasteiger partial charge in [0.05, 0.1) is 0 Å². The van der Waals surface area contributed by atoms with Gasteiger partial charge in [0.1, 0.15) is 6.10 Å². The normalized spacial score (nSPS) is 40.4. The number of allylic oxidation sites excluding steroid dienone is 4. The van der Waals surface area contributed by atoms with Crippen LogP contribution in [0.3, 0.4) is 0 Å². The fraction of sp³-hybridized carbons (Fsp3) is 0.828.